The molecule has 30 heavy (non-hydrogen) atoms. The number of piperidine rings is 1. The Hall–Kier alpha value is -2.57. The number of halogens is 1. The van der Waals surface area contributed by atoms with Crippen molar-refractivity contribution >= 4 is 28.5 Å². The van der Waals surface area contributed by atoms with Crippen molar-refractivity contribution in [2.75, 3.05) is 26.7 Å². The normalized spacial score (nSPS) is 16.1. The zero-order valence-electron chi connectivity index (χ0n) is 17.4. The van der Waals surface area contributed by atoms with Crippen LogP contribution < -0.4 is 10.6 Å². The third-order valence-corrected chi connectivity index (χ3v) is 5.92. The summed E-state index contributed by atoms with van der Waals surface area (Å²) in [6.45, 7) is 3.88. The van der Waals surface area contributed by atoms with Gasteiger partial charge in [0.15, 0.2) is 5.96 Å². The largest absolute Gasteiger partial charge is 0.361 e. The quantitative estimate of drug-likeness (QED) is 0.418. The second kappa shape index (κ2) is 9.96. The summed E-state index contributed by atoms with van der Waals surface area (Å²) in [6.07, 6.45) is 7.05. The maximum atomic E-state index is 6.15. The van der Waals surface area contributed by atoms with Gasteiger partial charge >= 0.3 is 0 Å². The lowest BCUT2D eigenvalue weighted by Gasteiger charge is -2.32. The number of hydrogen-bond donors (Lipinski definition) is 3. The fraction of sp³-hybridized carbons (Fsp3) is 0.391. The van der Waals surface area contributed by atoms with Crippen molar-refractivity contribution < 1.29 is 0 Å². The molecule has 3 aromatic rings. The molecule has 0 atom stereocenters. The van der Waals surface area contributed by atoms with E-state index >= 15 is 0 Å². The number of nitrogens with one attached hydrogen (secondary N) is 3. The first kappa shape index (κ1) is 20.7. The Labute approximate surface area is 182 Å². The van der Waals surface area contributed by atoms with Gasteiger partial charge in [0.25, 0.3) is 0 Å². The van der Waals surface area contributed by atoms with Crippen molar-refractivity contribution in [3.63, 3.8) is 0 Å². The minimum Gasteiger partial charge on any atom is -0.361 e. The minimum atomic E-state index is 0.447. The van der Waals surface area contributed by atoms with Gasteiger partial charge in [-0.2, -0.15) is 0 Å². The Kier molecular flexibility index (Phi) is 6.87. The Morgan fingerprint density at radius 3 is 2.90 bits per heavy atom. The summed E-state index contributed by atoms with van der Waals surface area (Å²) in [5, 5.41) is 8.99. The zero-order chi connectivity index (χ0) is 20.8. The highest BCUT2D eigenvalue weighted by atomic mass is 35.5. The summed E-state index contributed by atoms with van der Waals surface area (Å²) in [6, 6.07) is 12.5. The Balaban J connectivity index is 1.22. The van der Waals surface area contributed by atoms with E-state index in [1.165, 1.54) is 10.9 Å². The lowest BCUT2D eigenvalue weighted by atomic mass is 10.0. The number of rotatable bonds is 6. The molecule has 3 heterocycles. The number of H-pyrrole nitrogens is 1. The molecule has 0 bridgehead atoms. The van der Waals surface area contributed by atoms with E-state index in [0.717, 1.165) is 67.6 Å². The first-order valence-corrected chi connectivity index (χ1v) is 10.9. The van der Waals surface area contributed by atoms with E-state index in [-0.39, 0.29) is 0 Å². The van der Waals surface area contributed by atoms with Gasteiger partial charge in [0, 0.05) is 67.6 Å². The molecule has 0 unspecified atom stereocenters. The molecule has 6 nitrogen and oxygen atoms in total. The molecule has 0 radical (unpaired) electrons. The molecule has 1 aliphatic rings. The molecule has 0 saturated carbocycles. The molecule has 2 aromatic heterocycles. The van der Waals surface area contributed by atoms with E-state index in [1.54, 1.807) is 0 Å². The summed E-state index contributed by atoms with van der Waals surface area (Å²) >= 11 is 6.15. The predicted molar refractivity (Wildman–Crippen MR) is 124 cm³/mol. The maximum absolute atomic E-state index is 6.15. The van der Waals surface area contributed by atoms with Crippen LogP contribution in [0.25, 0.3) is 10.9 Å². The summed E-state index contributed by atoms with van der Waals surface area (Å²) in [5.41, 5.74) is 3.52. The van der Waals surface area contributed by atoms with E-state index in [2.05, 4.69) is 48.8 Å². The number of aromatic nitrogens is 2. The van der Waals surface area contributed by atoms with Crippen LogP contribution >= 0.6 is 11.6 Å². The summed E-state index contributed by atoms with van der Waals surface area (Å²) in [7, 11) is 1.83. The first-order valence-electron chi connectivity index (χ1n) is 10.6. The minimum absolute atomic E-state index is 0.447. The molecule has 0 spiro atoms. The van der Waals surface area contributed by atoms with E-state index in [9.17, 15) is 0 Å². The molecule has 0 aliphatic carbocycles. The molecular formula is C23H29ClN6. The third-order valence-electron chi connectivity index (χ3n) is 5.68. The van der Waals surface area contributed by atoms with Crippen molar-refractivity contribution in [1.82, 2.24) is 25.5 Å². The molecule has 3 N–H and O–H groups in total. The van der Waals surface area contributed by atoms with Crippen LogP contribution in [0.2, 0.25) is 5.02 Å². The Morgan fingerprint density at radius 1 is 1.27 bits per heavy atom. The molecule has 1 saturated heterocycles. The van der Waals surface area contributed by atoms with E-state index in [1.807, 2.05) is 37.5 Å². The Morgan fingerprint density at radius 2 is 2.13 bits per heavy atom. The number of benzene rings is 1. The number of pyridine rings is 1. The lowest BCUT2D eigenvalue weighted by Crippen LogP contribution is -2.48. The molecule has 1 aromatic carbocycles. The van der Waals surface area contributed by atoms with Crippen molar-refractivity contribution in [3.8, 4) is 0 Å². The average molecular weight is 425 g/mol. The van der Waals surface area contributed by atoms with Gasteiger partial charge < -0.3 is 15.6 Å². The predicted octanol–water partition coefficient (Wildman–Crippen LogP) is 3.59. The monoisotopic (exact) mass is 424 g/mol. The van der Waals surface area contributed by atoms with Crippen LogP contribution in [0.15, 0.2) is 53.8 Å². The number of nitrogens with zero attached hydrogens (tertiary/aromatic N) is 3. The highest BCUT2D eigenvalue weighted by molar-refractivity contribution is 6.31. The van der Waals surface area contributed by atoms with Crippen LogP contribution in [0, 0.1) is 0 Å². The van der Waals surface area contributed by atoms with Gasteiger partial charge in [0.05, 0.1) is 5.69 Å². The summed E-state index contributed by atoms with van der Waals surface area (Å²) in [4.78, 5) is 14.6. The SMILES string of the molecule is CN=C(NCCc1c[nH]c2ccc(Cl)cc12)NC1CCN(Cc2ccccn2)CC1. The van der Waals surface area contributed by atoms with Crippen molar-refractivity contribution in [2.45, 2.75) is 31.8 Å². The second-order valence-electron chi connectivity index (χ2n) is 7.77. The molecule has 1 fully saturated rings. The highest BCUT2D eigenvalue weighted by Gasteiger charge is 2.20. The first-order chi connectivity index (χ1) is 14.7. The van der Waals surface area contributed by atoms with Crippen LogP contribution in [0.4, 0.5) is 0 Å². The molecule has 0 amide bonds. The molecule has 7 heteroatoms. The maximum Gasteiger partial charge on any atom is 0.191 e. The van der Waals surface area contributed by atoms with Crippen molar-refractivity contribution in [3.05, 3.63) is 65.1 Å². The number of aromatic amines is 1. The molecule has 158 valence electrons. The Bertz CT molecular complexity index is 976. The molecule has 1 aliphatic heterocycles. The van der Waals surface area contributed by atoms with Gasteiger partial charge in [-0.3, -0.25) is 14.9 Å². The van der Waals surface area contributed by atoms with Gasteiger partial charge in [-0.25, -0.2) is 0 Å². The fourth-order valence-electron chi connectivity index (χ4n) is 4.02. The standard InChI is InChI=1S/C23H29ClN6/c1-25-23(27-11-7-17-15-28-22-6-5-18(24)14-21(17)22)29-19-8-12-30(13-9-19)16-20-4-2-3-10-26-20/h2-6,10,14-15,19,28H,7-9,11-13,16H2,1H3,(H2,25,27,29). The number of guanidine groups is 1. The molecule has 4 rings (SSSR count). The van der Waals surface area contributed by atoms with Gasteiger partial charge in [-0.1, -0.05) is 17.7 Å². The smallest absolute Gasteiger partial charge is 0.191 e. The number of aliphatic imine (C=N–C) groups is 1. The highest BCUT2D eigenvalue weighted by Crippen LogP contribution is 2.22. The van der Waals surface area contributed by atoms with Crippen LogP contribution in [-0.2, 0) is 13.0 Å². The third kappa shape index (κ3) is 5.32. The fourth-order valence-corrected chi connectivity index (χ4v) is 4.19. The van der Waals surface area contributed by atoms with Crippen LogP contribution in [-0.4, -0.2) is 53.6 Å². The van der Waals surface area contributed by atoms with Gasteiger partial charge in [0.2, 0.25) is 0 Å². The van der Waals surface area contributed by atoms with Crippen LogP contribution in [0.1, 0.15) is 24.1 Å². The number of fused-ring (bicyclic) bond motifs is 1. The average Bonchev–Trinajstić information content (AvgIpc) is 3.17. The number of hydrogen-bond acceptors (Lipinski definition) is 3. The van der Waals surface area contributed by atoms with Crippen LogP contribution in [0.5, 0.6) is 0 Å². The zero-order valence-corrected chi connectivity index (χ0v) is 18.1. The van der Waals surface area contributed by atoms with E-state index in [0.29, 0.717) is 6.04 Å². The summed E-state index contributed by atoms with van der Waals surface area (Å²) < 4.78 is 0. The van der Waals surface area contributed by atoms with Gasteiger partial charge in [-0.15, -0.1) is 0 Å². The van der Waals surface area contributed by atoms with E-state index in [4.69, 9.17) is 11.6 Å². The van der Waals surface area contributed by atoms with Crippen molar-refractivity contribution in [1.29, 1.82) is 0 Å². The second-order valence-corrected chi connectivity index (χ2v) is 8.21. The van der Waals surface area contributed by atoms with Crippen LogP contribution in [0.3, 0.4) is 0 Å². The van der Waals surface area contributed by atoms with Gasteiger partial charge in [0.1, 0.15) is 0 Å². The molecular weight excluding hydrogens is 396 g/mol. The van der Waals surface area contributed by atoms with Gasteiger partial charge in [-0.05, 0) is 55.2 Å². The number of likely N-dealkylation sites (tertiary alicyclic amines) is 1. The van der Waals surface area contributed by atoms with E-state index < -0.39 is 0 Å². The van der Waals surface area contributed by atoms with Crippen molar-refractivity contribution in [2.24, 2.45) is 4.99 Å². The lowest BCUT2D eigenvalue weighted by molar-refractivity contribution is 0.196. The topological polar surface area (TPSA) is 68.3 Å². The summed E-state index contributed by atoms with van der Waals surface area (Å²) in [5.74, 6) is 0.871.